The first-order chi connectivity index (χ1) is 19.0. The van der Waals surface area contributed by atoms with Gasteiger partial charge in [-0.1, -0.05) is 25.8 Å². The number of nitrogens with two attached hydrogens (primary N) is 1. The van der Waals surface area contributed by atoms with E-state index in [0.29, 0.717) is 25.8 Å². The van der Waals surface area contributed by atoms with E-state index < -0.39 is 0 Å². The van der Waals surface area contributed by atoms with E-state index in [1.165, 1.54) is 5.56 Å². The number of aromatic nitrogens is 3. The van der Waals surface area contributed by atoms with Gasteiger partial charge in [-0.25, -0.2) is 4.98 Å². The summed E-state index contributed by atoms with van der Waals surface area (Å²) in [5, 5.41) is 3.46. The molecule has 210 valence electrons. The van der Waals surface area contributed by atoms with Crippen LogP contribution in [0.25, 0.3) is 11.0 Å². The topological polar surface area (TPSA) is 119 Å². The van der Waals surface area contributed by atoms with Gasteiger partial charge in [0.05, 0.1) is 19.2 Å². The molecule has 1 aliphatic heterocycles. The molecular weight excluding hydrogens is 494 g/mol. The molecule has 10 nitrogen and oxygen atoms in total. The number of ether oxygens (including phenoxy) is 1. The largest absolute Gasteiger partial charge is 0.496 e. The molecule has 1 aliphatic rings. The molecule has 1 aromatic carbocycles. The number of nitrogens with zero attached hydrogens (tertiary/aromatic N) is 5. The lowest BCUT2D eigenvalue weighted by molar-refractivity contribution is -0.133. The molecule has 0 aliphatic carbocycles. The van der Waals surface area contributed by atoms with Crippen LogP contribution in [0.5, 0.6) is 5.75 Å². The average molecular weight is 536 g/mol. The Labute approximate surface area is 230 Å². The van der Waals surface area contributed by atoms with Gasteiger partial charge in [-0.3, -0.25) is 9.69 Å². The Bertz CT molecular complexity index is 1250. The van der Waals surface area contributed by atoms with Crippen molar-refractivity contribution in [2.75, 3.05) is 50.9 Å². The number of anilines is 2. The molecule has 10 heteroatoms. The summed E-state index contributed by atoms with van der Waals surface area (Å²) in [6.45, 7) is 7.53. The number of carbonyl (C=O) groups excluding carboxylic acids is 2. The fraction of sp³-hybridized carbons (Fsp3) is 0.517. The Balaban J connectivity index is 1.45. The summed E-state index contributed by atoms with van der Waals surface area (Å²) in [5.41, 5.74) is 10.0. The van der Waals surface area contributed by atoms with Gasteiger partial charge in [-0.2, -0.15) is 4.98 Å². The van der Waals surface area contributed by atoms with E-state index in [1.54, 1.807) is 7.11 Å². The van der Waals surface area contributed by atoms with Crippen molar-refractivity contribution in [3.63, 3.8) is 0 Å². The molecule has 4 rings (SSSR count). The predicted molar refractivity (Wildman–Crippen MR) is 154 cm³/mol. The fourth-order valence-electron chi connectivity index (χ4n) is 5.11. The molecule has 1 saturated heterocycles. The lowest BCUT2D eigenvalue weighted by Crippen LogP contribution is -2.48. The summed E-state index contributed by atoms with van der Waals surface area (Å²) in [7, 11) is 1.70. The summed E-state index contributed by atoms with van der Waals surface area (Å²) in [6, 6.07) is 8.31. The van der Waals surface area contributed by atoms with E-state index in [-0.39, 0.29) is 11.9 Å². The van der Waals surface area contributed by atoms with Gasteiger partial charge in [0, 0.05) is 63.9 Å². The van der Waals surface area contributed by atoms with Gasteiger partial charge in [-0.15, -0.1) is 0 Å². The number of nitrogen functional groups attached to an aromatic ring is 1. The number of unbranched alkanes of at least 4 members (excludes halogenated alkanes) is 3. The minimum absolute atomic E-state index is 0.146. The van der Waals surface area contributed by atoms with Gasteiger partial charge < -0.3 is 30.0 Å². The molecule has 1 fully saturated rings. The smallest absolute Gasteiger partial charge is 0.222 e. The zero-order chi connectivity index (χ0) is 27.6. The van der Waals surface area contributed by atoms with Gasteiger partial charge >= 0.3 is 0 Å². The van der Waals surface area contributed by atoms with Crippen molar-refractivity contribution >= 4 is 35.0 Å². The number of nitrogens with one attached hydrogen (secondary N) is 1. The lowest BCUT2D eigenvalue weighted by atomic mass is 10.1. The molecule has 0 unspecified atom stereocenters. The second-order valence-corrected chi connectivity index (χ2v) is 10.1. The van der Waals surface area contributed by atoms with Crippen molar-refractivity contribution in [2.45, 2.75) is 58.5 Å². The minimum Gasteiger partial charge on any atom is -0.496 e. The standard InChI is InChI=1S/C29H41N7O3/c1-3-4-6-12-31-28-27-24(32-29(30)33-28)11-13-36(27)21-23-19-22(9-10-25(23)39-2)20-34-14-16-35(17-15-34)26(38)8-5-7-18-37/h9-11,13,18-19H,3-8,12,14-17,20-21H2,1-2H3,(H3,30,31,32,33). The number of benzene rings is 1. The highest BCUT2D eigenvalue weighted by atomic mass is 16.5. The van der Waals surface area contributed by atoms with Crippen LogP contribution in [0.15, 0.2) is 30.5 Å². The molecule has 0 spiro atoms. The maximum absolute atomic E-state index is 12.4. The third-order valence-corrected chi connectivity index (χ3v) is 7.23. The summed E-state index contributed by atoms with van der Waals surface area (Å²) < 4.78 is 7.86. The van der Waals surface area contributed by atoms with E-state index in [9.17, 15) is 9.59 Å². The number of methoxy groups -OCH3 is 1. The first kappa shape index (κ1) is 28.4. The van der Waals surface area contributed by atoms with Gasteiger partial charge in [0.2, 0.25) is 11.9 Å². The van der Waals surface area contributed by atoms with Crippen LogP contribution in [-0.4, -0.2) is 76.4 Å². The van der Waals surface area contributed by atoms with Crippen LogP contribution in [-0.2, 0) is 22.7 Å². The number of carbonyl (C=O) groups is 2. The van der Waals surface area contributed by atoms with Crippen LogP contribution in [0.2, 0.25) is 0 Å². The van der Waals surface area contributed by atoms with Crippen molar-refractivity contribution in [3.8, 4) is 5.75 Å². The zero-order valence-corrected chi connectivity index (χ0v) is 23.2. The first-order valence-electron chi connectivity index (χ1n) is 14.0. The van der Waals surface area contributed by atoms with Crippen molar-refractivity contribution in [2.24, 2.45) is 0 Å². The van der Waals surface area contributed by atoms with E-state index in [1.807, 2.05) is 23.2 Å². The SMILES string of the molecule is CCCCCNc1nc(N)nc2ccn(Cc3cc(CN4CCN(C(=O)CCCC=O)CC4)ccc3OC)c12. The number of rotatable bonds is 14. The summed E-state index contributed by atoms with van der Waals surface area (Å²) in [6.07, 6.45) is 7.81. The van der Waals surface area contributed by atoms with Gasteiger partial charge in [0.1, 0.15) is 17.6 Å². The predicted octanol–water partition coefficient (Wildman–Crippen LogP) is 3.69. The number of fused-ring (bicyclic) bond motifs is 1. The summed E-state index contributed by atoms with van der Waals surface area (Å²) in [4.78, 5) is 36.1. The molecule has 39 heavy (non-hydrogen) atoms. The highest BCUT2D eigenvalue weighted by Crippen LogP contribution is 2.27. The summed E-state index contributed by atoms with van der Waals surface area (Å²) >= 11 is 0. The maximum atomic E-state index is 12.4. The maximum Gasteiger partial charge on any atom is 0.222 e. The van der Waals surface area contributed by atoms with Crippen LogP contribution >= 0.6 is 0 Å². The first-order valence-corrected chi connectivity index (χ1v) is 14.0. The Morgan fingerprint density at radius 1 is 1.10 bits per heavy atom. The van der Waals surface area contributed by atoms with Crippen molar-refractivity contribution in [3.05, 3.63) is 41.6 Å². The molecule has 3 N–H and O–H groups in total. The minimum atomic E-state index is 0.146. The zero-order valence-electron chi connectivity index (χ0n) is 23.2. The second kappa shape index (κ2) is 13.9. The Morgan fingerprint density at radius 2 is 1.92 bits per heavy atom. The molecule has 0 atom stereocenters. The van der Waals surface area contributed by atoms with E-state index in [4.69, 9.17) is 10.5 Å². The lowest BCUT2D eigenvalue weighted by Gasteiger charge is -2.35. The highest BCUT2D eigenvalue weighted by Gasteiger charge is 2.21. The van der Waals surface area contributed by atoms with Crippen LogP contribution < -0.4 is 15.8 Å². The quantitative estimate of drug-likeness (QED) is 0.237. The van der Waals surface area contributed by atoms with E-state index >= 15 is 0 Å². The van der Waals surface area contributed by atoms with Crippen LogP contribution in [0.3, 0.4) is 0 Å². The number of amides is 1. The molecule has 0 saturated carbocycles. The molecule has 2 aromatic heterocycles. The third kappa shape index (κ3) is 7.47. The highest BCUT2D eigenvalue weighted by molar-refractivity contribution is 5.87. The number of hydrogen-bond donors (Lipinski definition) is 2. The van der Waals surface area contributed by atoms with Gasteiger partial charge in [0.15, 0.2) is 5.82 Å². The number of piperazine rings is 1. The van der Waals surface area contributed by atoms with Crippen LogP contribution in [0.1, 0.15) is 56.6 Å². The van der Waals surface area contributed by atoms with E-state index in [2.05, 4.69) is 43.8 Å². The average Bonchev–Trinajstić information content (AvgIpc) is 3.34. The number of aldehydes is 1. The molecule has 3 heterocycles. The number of hydrogen-bond acceptors (Lipinski definition) is 8. The Kier molecular flexibility index (Phi) is 10.1. The normalized spacial score (nSPS) is 14.1. The van der Waals surface area contributed by atoms with Gasteiger partial charge in [-0.05, 0) is 36.6 Å². The third-order valence-electron chi connectivity index (χ3n) is 7.23. The summed E-state index contributed by atoms with van der Waals surface area (Å²) in [5.74, 6) is 2.00. The molecule has 3 aromatic rings. The van der Waals surface area contributed by atoms with E-state index in [0.717, 1.165) is 93.0 Å². The Morgan fingerprint density at radius 3 is 2.67 bits per heavy atom. The monoisotopic (exact) mass is 535 g/mol. The van der Waals surface area contributed by atoms with Crippen molar-refractivity contribution in [1.29, 1.82) is 0 Å². The van der Waals surface area contributed by atoms with Crippen LogP contribution in [0, 0.1) is 0 Å². The fourth-order valence-corrected chi connectivity index (χ4v) is 5.11. The van der Waals surface area contributed by atoms with Crippen molar-refractivity contribution < 1.29 is 14.3 Å². The van der Waals surface area contributed by atoms with Crippen molar-refractivity contribution in [1.82, 2.24) is 24.3 Å². The van der Waals surface area contributed by atoms with Crippen LogP contribution in [0.4, 0.5) is 11.8 Å². The molecule has 0 radical (unpaired) electrons. The Hall–Kier alpha value is -3.66. The second-order valence-electron chi connectivity index (χ2n) is 10.1. The van der Waals surface area contributed by atoms with Gasteiger partial charge in [0.25, 0.3) is 0 Å². The molecule has 0 bridgehead atoms. The molecule has 1 amide bonds. The molecular formula is C29H41N7O3.